The molecule has 4 heteroatoms. The molecular weight excluding hydrogens is 291 g/mol. The Bertz CT molecular complexity index is 613. The van der Waals surface area contributed by atoms with E-state index in [9.17, 15) is 0 Å². The number of hydrogen-bond donors (Lipinski definition) is 1. The monoisotopic (exact) mass is 306 g/mol. The molecule has 1 aliphatic heterocycles. The zero-order valence-corrected chi connectivity index (χ0v) is 12.6. The van der Waals surface area contributed by atoms with Gasteiger partial charge in [0.25, 0.3) is 0 Å². The van der Waals surface area contributed by atoms with Crippen LogP contribution in [0.3, 0.4) is 0 Å². The molecule has 1 heterocycles. The largest absolute Gasteiger partial charge is 0.383 e. The number of para-hydroxylation sites is 2. The van der Waals surface area contributed by atoms with Gasteiger partial charge in [-0.1, -0.05) is 41.4 Å². The second-order valence-electron chi connectivity index (χ2n) is 4.97. The van der Waals surface area contributed by atoms with Crippen LogP contribution in [-0.4, -0.2) is 13.1 Å². The third kappa shape index (κ3) is 2.87. The number of fused-ring (bicyclic) bond motifs is 1. The Labute approximate surface area is 129 Å². The number of benzene rings is 2. The molecule has 0 saturated heterocycles. The quantitative estimate of drug-likeness (QED) is 0.856. The third-order valence-electron chi connectivity index (χ3n) is 3.52. The Morgan fingerprint density at radius 3 is 2.75 bits per heavy atom. The van der Waals surface area contributed by atoms with Gasteiger partial charge >= 0.3 is 0 Å². The fourth-order valence-electron chi connectivity index (χ4n) is 2.53. The normalized spacial score (nSPS) is 14.4. The fourth-order valence-corrected chi connectivity index (χ4v) is 2.86. The van der Waals surface area contributed by atoms with Crippen LogP contribution in [-0.2, 0) is 6.54 Å². The van der Waals surface area contributed by atoms with Gasteiger partial charge in [-0.15, -0.1) is 0 Å². The van der Waals surface area contributed by atoms with Gasteiger partial charge in [0.05, 0.1) is 21.4 Å². The SMILES string of the molecule is Clc1ccc(CN2CCCNc3ccccc32)cc1Cl. The summed E-state index contributed by atoms with van der Waals surface area (Å²) in [6.45, 7) is 2.88. The summed E-state index contributed by atoms with van der Waals surface area (Å²) in [4.78, 5) is 2.38. The molecule has 2 nitrogen and oxygen atoms in total. The van der Waals surface area contributed by atoms with Crippen molar-refractivity contribution in [2.45, 2.75) is 13.0 Å². The number of hydrogen-bond acceptors (Lipinski definition) is 2. The first kappa shape index (κ1) is 13.6. The van der Waals surface area contributed by atoms with Gasteiger partial charge in [0.15, 0.2) is 0 Å². The van der Waals surface area contributed by atoms with Crippen molar-refractivity contribution in [3.63, 3.8) is 0 Å². The molecule has 20 heavy (non-hydrogen) atoms. The molecule has 1 aliphatic rings. The highest BCUT2D eigenvalue weighted by Gasteiger charge is 2.14. The van der Waals surface area contributed by atoms with Gasteiger partial charge in [0, 0.05) is 19.6 Å². The van der Waals surface area contributed by atoms with Crippen molar-refractivity contribution in [1.29, 1.82) is 0 Å². The molecule has 0 atom stereocenters. The first-order chi connectivity index (χ1) is 9.74. The summed E-state index contributed by atoms with van der Waals surface area (Å²) < 4.78 is 0. The van der Waals surface area contributed by atoms with E-state index >= 15 is 0 Å². The van der Waals surface area contributed by atoms with Gasteiger partial charge in [0.2, 0.25) is 0 Å². The van der Waals surface area contributed by atoms with E-state index in [2.05, 4.69) is 34.5 Å². The number of nitrogens with one attached hydrogen (secondary N) is 1. The molecule has 3 rings (SSSR count). The topological polar surface area (TPSA) is 15.3 Å². The standard InChI is InChI=1S/C16H16Cl2N2/c17-13-7-6-12(10-14(13)18)11-20-9-3-8-19-15-4-1-2-5-16(15)20/h1-2,4-7,10,19H,3,8-9,11H2. The highest BCUT2D eigenvalue weighted by molar-refractivity contribution is 6.42. The van der Waals surface area contributed by atoms with Crippen LogP contribution < -0.4 is 10.2 Å². The van der Waals surface area contributed by atoms with Gasteiger partial charge in [-0.05, 0) is 36.2 Å². The van der Waals surface area contributed by atoms with Crippen LogP contribution in [0.15, 0.2) is 42.5 Å². The predicted octanol–water partition coefficient (Wildman–Crippen LogP) is 4.82. The van der Waals surface area contributed by atoms with E-state index < -0.39 is 0 Å². The summed E-state index contributed by atoms with van der Waals surface area (Å²) in [7, 11) is 0. The molecule has 104 valence electrons. The van der Waals surface area contributed by atoms with E-state index in [1.807, 2.05) is 18.2 Å². The lowest BCUT2D eigenvalue weighted by molar-refractivity contribution is 0.764. The average molecular weight is 307 g/mol. The number of rotatable bonds is 2. The molecule has 1 N–H and O–H groups in total. The van der Waals surface area contributed by atoms with Gasteiger partial charge in [-0.25, -0.2) is 0 Å². The van der Waals surface area contributed by atoms with Gasteiger partial charge in [-0.3, -0.25) is 0 Å². The van der Waals surface area contributed by atoms with E-state index in [0.717, 1.165) is 26.1 Å². The van der Waals surface area contributed by atoms with Crippen molar-refractivity contribution >= 4 is 34.6 Å². The van der Waals surface area contributed by atoms with E-state index in [0.29, 0.717) is 10.0 Å². The summed E-state index contributed by atoms with van der Waals surface area (Å²) in [6, 6.07) is 14.3. The van der Waals surface area contributed by atoms with Crippen LogP contribution in [0.4, 0.5) is 11.4 Å². The van der Waals surface area contributed by atoms with Crippen molar-refractivity contribution < 1.29 is 0 Å². The van der Waals surface area contributed by atoms with Crippen LogP contribution in [0.1, 0.15) is 12.0 Å². The van der Waals surface area contributed by atoms with Gasteiger partial charge < -0.3 is 10.2 Å². The molecule has 0 aliphatic carbocycles. The Balaban J connectivity index is 1.88. The van der Waals surface area contributed by atoms with Crippen LogP contribution in [0.2, 0.25) is 10.0 Å². The average Bonchev–Trinajstić information content (AvgIpc) is 2.66. The first-order valence-electron chi connectivity index (χ1n) is 6.76. The zero-order valence-electron chi connectivity index (χ0n) is 11.1. The lowest BCUT2D eigenvalue weighted by Gasteiger charge is -2.24. The molecule has 0 fully saturated rings. The number of nitrogens with zero attached hydrogens (tertiary/aromatic N) is 1. The highest BCUT2D eigenvalue weighted by Crippen LogP contribution is 2.30. The molecule has 0 radical (unpaired) electrons. The lowest BCUT2D eigenvalue weighted by atomic mass is 10.2. The summed E-state index contributed by atoms with van der Waals surface area (Å²) in [5.41, 5.74) is 3.62. The third-order valence-corrected chi connectivity index (χ3v) is 4.26. The molecule has 0 spiro atoms. The van der Waals surface area contributed by atoms with Crippen molar-refractivity contribution in [2.75, 3.05) is 23.3 Å². The maximum Gasteiger partial charge on any atom is 0.0605 e. The van der Waals surface area contributed by atoms with Gasteiger partial charge in [0.1, 0.15) is 0 Å². The minimum Gasteiger partial charge on any atom is -0.383 e. The molecule has 0 aromatic heterocycles. The number of halogens is 2. The summed E-state index contributed by atoms with van der Waals surface area (Å²) >= 11 is 12.1. The maximum absolute atomic E-state index is 6.10. The molecule has 0 amide bonds. The van der Waals surface area contributed by atoms with E-state index in [-0.39, 0.29) is 0 Å². The molecule has 0 unspecified atom stereocenters. The van der Waals surface area contributed by atoms with Crippen LogP contribution >= 0.6 is 23.2 Å². The molecule has 2 aromatic rings. The highest BCUT2D eigenvalue weighted by atomic mass is 35.5. The maximum atomic E-state index is 6.10. The van der Waals surface area contributed by atoms with E-state index in [1.54, 1.807) is 0 Å². The summed E-state index contributed by atoms with van der Waals surface area (Å²) in [5.74, 6) is 0. The van der Waals surface area contributed by atoms with Crippen LogP contribution in [0.5, 0.6) is 0 Å². The smallest absolute Gasteiger partial charge is 0.0605 e. The second-order valence-corrected chi connectivity index (χ2v) is 5.78. The molecular formula is C16H16Cl2N2. The second kappa shape index (κ2) is 5.94. The Morgan fingerprint density at radius 1 is 1.05 bits per heavy atom. The molecule has 0 bridgehead atoms. The van der Waals surface area contributed by atoms with Crippen LogP contribution in [0.25, 0.3) is 0 Å². The van der Waals surface area contributed by atoms with E-state index in [1.165, 1.54) is 16.9 Å². The van der Waals surface area contributed by atoms with Gasteiger partial charge in [-0.2, -0.15) is 0 Å². The molecule has 2 aromatic carbocycles. The minimum absolute atomic E-state index is 0.605. The van der Waals surface area contributed by atoms with Crippen molar-refractivity contribution in [1.82, 2.24) is 0 Å². The summed E-state index contributed by atoms with van der Waals surface area (Å²) in [5, 5.41) is 4.69. The Kier molecular flexibility index (Phi) is 4.04. The summed E-state index contributed by atoms with van der Waals surface area (Å²) in [6.07, 6.45) is 1.12. The van der Waals surface area contributed by atoms with Crippen molar-refractivity contribution in [2.24, 2.45) is 0 Å². The molecule has 0 saturated carbocycles. The number of anilines is 2. The first-order valence-corrected chi connectivity index (χ1v) is 7.51. The predicted molar refractivity (Wildman–Crippen MR) is 87.1 cm³/mol. The minimum atomic E-state index is 0.605. The van der Waals surface area contributed by atoms with Crippen molar-refractivity contribution in [3.05, 3.63) is 58.1 Å². The van der Waals surface area contributed by atoms with E-state index in [4.69, 9.17) is 23.2 Å². The van der Waals surface area contributed by atoms with Crippen LogP contribution in [0, 0.1) is 0 Å². The Morgan fingerprint density at radius 2 is 1.90 bits per heavy atom. The van der Waals surface area contributed by atoms with Crippen molar-refractivity contribution in [3.8, 4) is 0 Å². The zero-order chi connectivity index (χ0) is 13.9. The fraction of sp³-hybridized carbons (Fsp3) is 0.250. The Hall–Kier alpha value is -1.38. The lowest BCUT2D eigenvalue weighted by Crippen LogP contribution is -2.23.